The molecule has 88 valence electrons. The van der Waals surface area contributed by atoms with E-state index in [1.807, 2.05) is 9.80 Å². The molecule has 1 heterocycles. The van der Waals surface area contributed by atoms with E-state index in [2.05, 4.69) is 0 Å². The molecule has 0 aromatic heterocycles. The van der Waals surface area contributed by atoms with Gasteiger partial charge in [-0.15, -0.1) is 0 Å². The number of nitrogens with zero attached hydrogens (tertiary/aromatic N) is 2. The zero-order valence-electron chi connectivity index (χ0n) is 8.50. The summed E-state index contributed by atoms with van der Waals surface area (Å²) in [4.78, 5) is 14.2. The van der Waals surface area contributed by atoms with Gasteiger partial charge in [0.25, 0.3) is 10.1 Å². The van der Waals surface area contributed by atoms with Crippen LogP contribution in [0.25, 0.3) is 0 Å². The summed E-state index contributed by atoms with van der Waals surface area (Å²) >= 11 is 0. The van der Waals surface area contributed by atoms with E-state index in [1.165, 1.54) is 0 Å². The van der Waals surface area contributed by atoms with E-state index in [0.717, 1.165) is 32.5 Å². The van der Waals surface area contributed by atoms with E-state index in [4.69, 9.17) is 4.55 Å². The van der Waals surface area contributed by atoms with Crippen molar-refractivity contribution in [2.45, 2.75) is 0 Å². The van der Waals surface area contributed by atoms with Crippen LogP contribution in [0.4, 0.5) is 0 Å². The normalized spacial score (nSPS) is 20.3. The van der Waals surface area contributed by atoms with E-state index in [9.17, 15) is 13.2 Å². The monoisotopic (exact) mass is 236 g/mol. The number of rotatable bonds is 5. The van der Waals surface area contributed by atoms with Crippen molar-refractivity contribution in [3.8, 4) is 0 Å². The van der Waals surface area contributed by atoms with Gasteiger partial charge in [-0.05, 0) is 0 Å². The van der Waals surface area contributed by atoms with Crippen LogP contribution in [0, 0.1) is 0 Å². The summed E-state index contributed by atoms with van der Waals surface area (Å²) in [5.41, 5.74) is 0. The van der Waals surface area contributed by atoms with E-state index in [0.29, 0.717) is 13.1 Å². The fourth-order valence-electron chi connectivity index (χ4n) is 1.55. The lowest BCUT2D eigenvalue weighted by Crippen LogP contribution is -2.47. The number of hydrogen-bond acceptors (Lipinski definition) is 5. The Hall–Kier alpha value is -0.500. The summed E-state index contributed by atoms with van der Waals surface area (Å²) in [5.74, 6) is -0.222. The van der Waals surface area contributed by atoms with Crippen LogP contribution >= 0.6 is 0 Å². The molecule has 15 heavy (non-hydrogen) atoms. The van der Waals surface area contributed by atoms with Crippen LogP contribution in [0.1, 0.15) is 0 Å². The maximum Gasteiger partial charge on any atom is 0.266 e. The van der Waals surface area contributed by atoms with Crippen molar-refractivity contribution in [2.24, 2.45) is 0 Å². The highest BCUT2D eigenvalue weighted by atomic mass is 32.2. The third kappa shape index (κ3) is 5.22. The van der Waals surface area contributed by atoms with E-state index in [1.54, 1.807) is 0 Å². The Balaban J connectivity index is 2.23. The Bertz CT molecular complexity index is 296. The molecule has 1 fully saturated rings. The summed E-state index contributed by atoms with van der Waals surface area (Å²) < 4.78 is 29.6. The fraction of sp³-hybridized carbons (Fsp3) is 0.875. The lowest BCUT2D eigenvalue weighted by atomic mass is 10.3. The molecule has 1 N–H and O–H groups in total. The van der Waals surface area contributed by atoms with Crippen LogP contribution in [-0.2, 0) is 14.9 Å². The first-order valence-electron chi connectivity index (χ1n) is 4.85. The number of carbonyl (C=O) groups is 1. The molecule has 0 bridgehead atoms. The van der Waals surface area contributed by atoms with Gasteiger partial charge in [0.2, 0.25) is 0 Å². The zero-order chi connectivity index (χ0) is 11.3. The molecule has 6 nitrogen and oxygen atoms in total. The molecule has 0 spiro atoms. The van der Waals surface area contributed by atoms with E-state index < -0.39 is 10.1 Å². The second kappa shape index (κ2) is 5.55. The summed E-state index contributed by atoms with van der Waals surface area (Å²) in [7, 11) is -3.86. The number of aldehydes is 1. The highest BCUT2D eigenvalue weighted by Gasteiger charge is 2.17. The molecule has 0 saturated carbocycles. The highest BCUT2D eigenvalue weighted by Crippen LogP contribution is 2.00. The van der Waals surface area contributed by atoms with Crippen molar-refractivity contribution in [1.29, 1.82) is 0 Å². The average molecular weight is 236 g/mol. The smallest absolute Gasteiger partial charge is 0.266 e. The molecule has 7 heteroatoms. The minimum atomic E-state index is -3.86. The molecule has 0 amide bonds. The predicted molar refractivity (Wildman–Crippen MR) is 55.4 cm³/mol. The van der Waals surface area contributed by atoms with Crippen molar-refractivity contribution < 1.29 is 17.8 Å². The molecule has 0 atom stereocenters. The quantitative estimate of drug-likeness (QED) is 0.472. The van der Waals surface area contributed by atoms with Gasteiger partial charge < -0.3 is 4.79 Å². The van der Waals surface area contributed by atoms with Crippen molar-refractivity contribution in [1.82, 2.24) is 9.80 Å². The van der Waals surface area contributed by atoms with Crippen LogP contribution in [0.15, 0.2) is 0 Å². The first-order chi connectivity index (χ1) is 7.01. The lowest BCUT2D eigenvalue weighted by Gasteiger charge is -2.33. The molecule has 1 aliphatic heterocycles. The number of carbonyl (C=O) groups excluding carboxylic acids is 1. The summed E-state index contributed by atoms with van der Waals surface area (Å²) in [6.45, 7) is 3.81. The third-order valence-corrected chi connectivity index (χ3v) is 3.16. The van der Waals surface area contributed by atoms with Crippen LogP contribution in [0.5, 0.6) is 0 Å². The SMILES string of the molecule is O=CCN1CCN(CCS(=O)(=O)O)CC1. The molecule has 0 unspecified atom stereocenters. The van der Waals surface area contributed by atoms with E-state index in [-0.39, 0.29) is 5.75 Å². The molecular weight excluding hydrogens is 220 g/mol. The Morgan fingerprint density at radius 1 is 1.13 bits per heavy atom. The van der Waals surface area contributed by atoms with Crippen LogP contribution < -0.4 is 0 Å². The van der Waals surface area contributed by atoms with Gasteiger partial charge in [0, 0.05) is 32.7 Å². The Kier molecular flexibility index (Phi) is 4.65. The van der Waals surface area contributed by atoms with Gasteiger partial charge in [-0.25, -0.2) is 0 Å². The molecule has 0 radical (unpaired) electrons. The maximum atomic E-state index is 10.5. The second-order valence-corrected chi connectivity index (χ2v) is 5.17. The minimum Gasteiger partial charge on any atom is -0.302 e. The van der Waals surface area contributed by atoms with Gasteiger partial charge >= 0.3 is 0 Å². The van der Waals surface area contributed by atoms with Crippen LogP contribution in [0.3, 0.4) is 0 Å². The Morgan fingerprint density at radius 3 is 2.13 bits per heavy atom. The van der Waals surface area contributed by atoms with Crippen molar-refractivity contribution in [3.05, 3.63) is 0 Å². The molecule has 1 aliphatic rings. The second-order valence-electron chi connectivity index (χ2n) is 3.59. The average Bonchev–Trinajstić information content (AvgIpc) is 2.16. The van der Waals surface area contributed by atoms with Gasteiger partial charge in [0.1, 0.15) is 6.29 Å². The standard InChI is InChI=1S/C8H16N2O4S/c11-7-5-9-1-3-10(4-2-9)6-8-15(12,13)14/h7H,1-6,8H2,(H,12,13,14). The Morgan fingerprint density at radius 2 is 1.67 bits per heavy atom. The highest BCUT2D eigenvalue weighted by molar-refractivity contribution is 7.85. The topological polar surface area (TPSA) is 77.9 Å². The molecule has 1 saturated heterocycles. The largest absolute Gasteiger partial charge is 0.302 e. The molecule has 1 rings (SSSR count). The van der Waals surface area contributed by atoms with Crippen molar-refractivity contribution >= 4 is 16.4 Å². The molecule has 0 aliphatic carbocycles. The number of piperazine rings is 1. The fourth-order valence-corrected chi connectivity index (χ4v) is 2.03. The van der Waals surface area contributed by atoms with Crippen molar-refractivity contribution in [3.63, 3.8) is 0 Å². The lowest BCUT2D eigenvalue weighted by molar-refractivity contribution is -0.109. The summed E-state index contributed by atoms with van der Waals surface area (Å²) in [5, 5.41) is 0. The van der Waals surface area contributed by atoms with Gasteiger partial charge in [-0.3, -0.25) is 14.4 Å². The predicted octanol–water partition coefficient (Wildman–Crippen LogP) is -1.31. The first kappa shape index (κ1) is 12.6. The van der Waals surface area contributed by atoms with Crippen molar-refractivity contribution in [2.75, 3.05) is 45.0 Å². The minimum absolute atomic E-state index is 0.222. The van der Waals surface area contributed by atoms with E-state index >= 15 is 0 Å². The summed E-state index contributed by atoms with van der Waals surface area (Å²) in [6, 6.07) is 0. The zero-order valence-corrected chi connectivity index (χ0v) is 9.32. The third-order valence-electron chi connectivity index (χ3n) is 2.46. The van der Waals surface area contributed by atoms with Gasteiger partial charge in [0.05, 0.1) is 12.3 Å². The van der Waals surface area contributed by atoms with Crippen LogP contribution in [0.2, 0.25) is 0 Å². The maximum absolute atomic E-state index is 10.5. The summed E-state index contributed by atoms with van der Waals surface area (Å²) in [6.07, 6.45) is 0.869. The van der Waals surface area contributed by atoms with Gasteiger partial charge in [-0.1, -0.05) is 0 Å². The molecule has 0 aromatic rings. The van der Waals surface area contributed by atoms with Gasteiger partial charge in [0.15, 0.2) is 0 Å². The first-order valence-corrected chi connectivity index (χ1v) is 6.46. The molecule has 0 aromatic carbocycles. The Labute approximate surface area is 89.6 Å². The number of hydrogen-bond donors (Lipinski definition) is 1. The molecular formula is C8H16N2O4S. The van der Waals surface area contributed by atoms with Gasteiger partial charge in [-0.2, -0.15) is 8.42 Å². The van der Waals surface area contributed by atoms with Crippen LogP contribution in [-0.4, -0.2) is 74.1 Å².